The third-order valence-corrected chi connectivity index (χ3v) is 13.5. The monoisotopic (exact) mass is 927 g/mol. The van der Waals surface area contributed by atoms with Gasteiger partial charge in [-0.3, -0.25) is 4.99 Å². The smallest absolute Gasteiger partial charge is 0.510 e. The fraction of sp³-hybridized carbons (Fsp3) is 0.294. The van der Waals surface area contributed by atoms with Gasteiger partial charge in [-0.15, -0.1) is 40.8 Å². The Labute approximate surface area is 350 Å². The number of fused-ring (bicyclic) bond motifs is 9. The third kappa shape index (κ3) is 4.97. The molecule has 57 heavy (non-hydrogen) atoms. The zero-order valence-electron chi connectivity index (χ0n) is 34.7. The summed E-state index contributed by atoms with van der Waals surface area (Å²) in [5.41, 5.74) is 15.5. The van der Waals surface area contributed by atoms with E-state index in [9.17, 15) is 0 Å². The number of benzene rings is 5. The van der Waals surface area contributed by atoms with Gasteiger partial charge in [0.05, 0.1) is 5.52 Å². The van der Waals surface area contributed by atoms with Crippen LogP contribution in [0.3, 0.4) is 0 Å². The minimum absolute atomic E-state index is 0. The Balaban J connectivity index is 0.00000422. The van der Waals surface area contributed by atoms with Gasteiger partial charge in [-0.05, 0) is 104 Å². The van der Waals surface area contributed by atoms with E-state index < -0.39 is 11.1 Å². The summed E-state index contributed by atoms with van der Waals surface area (Å²) in [5, 5.41) is 4.68. The standard InChI is InChI=1S/C51H48N4O.Pt/c1-28(2)34-15-19-42-40(25-34)37-13-12-20-52-47(37)54(42)35-16-17-36-39-22-29(3)14-18-43(39)55(45(36)26-35)44-27-38(31(5)24-32(44)6)48-53-50(10)41-23-30(4)21-33(7)46(41)49(8,9)51(50,11)56-48;/h12-25,28H,1-11H3;/q-2;+2/t50-,51+;/m1./s1. The number of aliphatic imine (C=N–C) groups is 1. The molecule has 0 saturated carbocycles. The van der Waals surface area contributed by atoms with E-state index in [0.717, 1.165) is 61.0 Å². The average molecular weight is 928 g/mol. The van der Waals surface area contributed by atoms with Gasteiger partial charge in [0.2, 0.25) is 0 Å². The van der Waals surface area contributed by atoms with Crippen LogP contribution in [0.5, 0.6) is 0 Å². The van der Waals surface area contributed by atoms with Crippen molar-refractivity contribution in [2.24, 2.45) is 4.99 Å². The van der Waals surface area contributed by atoms with Crippen molar-refractivity contribution >= 4 is 49.6 Å². The molecule has 4 heterocycles. The number of rotatable bonds is 4. The molecular formula is C51H48N4OPt. The zero-order chi connectivity index (χ0) is 39.2. The second-order valence-corrected chi connectivity index (χ2v) is 17.7. The molecule has 2 atom stereocenters. The molecule has 1 aliphatic heterocycles. The van der Waals surface area contributed by atoms with E-state index in [1.54, 1.807) is 0 Å². The van der Waals surface area contributed by atoms with E-state index in [-0.39, 0.29) is 26.5 Å². The van der Waals surface area contributed by atoms with Crippen LogP contribution >= 0.6 is 0 Å². The van der Waals surface area contributed by atoms with E-state index in [1.807, 2.05) is 12.3 Å². The minimum Gasteiger partial charge on any atom is -0.510 e. The number of aromatic nitrogens is 3. The fourth-order valence-electron chi connectivity index (χ4n) is 10.3. The third-order valence-electron chi connectivity index (χ3n) is 13.5. The first-order valence-corrected chi connectivity index (χ1v) is 19.9. The Morgan fingerprint density at radius 1 is 0.684 bits per heavy atom. The summed E-state index contributed by atoms with van der Waals surface area (Å²) in [6.45, 7) is 24.5. The van der Waals surface area contributed by atoms with Gasteiger partial charge in [-0.25, -0.2) is 4.98 Å². The molecule has 10 rings (SSSR count). The van der Waals surface area contributed by atoms with E-state index in [4.69, 9.17) is 14.7 Å². The van der Waals surface area contributed by atoms with Gasteiger partial charge in [-0.1, -0.05) is 99.8 Å². The summed E-state index contributed by atoms with van der Waals surface area (Å²) in [5.74, 6) is 1.09. The van der Waals surface area contributed by atoms with Crippen molar-refractivity contribution in [3.05, 3.63) is 147 Å². The summed E-state index contributed by atoms with van der Waals surface area (Å²) >= 11 is 0. The van der Waals surface area contributed by atoms with Gasteiger partial charge in [0, 0.05) is 27.9 Å². The van der Waals surface area contributed by atoms with Gasteiger partial charge in [-0.2, -0.15) is 6.07 Å². The van der Waals surface area contributed by atoms with Crippen LogP contribution in [0.4, 0.5) is 0 Å². The maximum absolute atomic E-state index is 7.20. The number of aryl methyl sites for hydroxylation is 5. The topological polar surface area (TPSA) is 44.3 Å². The molecule has 0 radical (unpaired) electrons. The normalized spacial score (nSPS) is 19.7. The second-order valence-electron chi connectivity index (χ2n) is 17.7. The van der Waals surface area contributed by atoms with E-state index in [0.29, 0.717) is 11.8 Å². The summed E-state index contributed by atoms with van der Waals surface area (Å²) in [7, 11) is 0. The van der Waals surface area contributed by atoms with Crippen LogP contribution in [0.1, 0.15) is 97.5 Å². The molecule has 0 saturated heterocycles. The maximum atomic E-state index is 7.20. The minimum atomic E-state index is -0.582. The van der Waals surface area contributed by atoms with Crippen LogP contribution < -0.4 is 0 Å². The van der Waals surface area contributed by atoms with E-state index in [1.165, 1.54) is 44.2 Å². The summed E-state index contributed by atoms with van der Waals surface area (Å²) < 4.78 is 11.8. The van der Waals surface area contributed by atoms with Crippen molar-refractivity contribution in [2.45, 2.75) is 98.6 Å². The Hall–Kier alpha value is -4.99. The Kier molecular flexibility index (Phi) is 8.24. The van der Waals surface area contributed by atoms with Crippen molar-refractivity contribution in [3.63, 3.8) is 0 Å². The van der Waals surface area contributed by atoms with Crippen LogP contribution in [0.2, 0.25) is 0 Å². The number of hydrogen-bond acceptors (Lipinski definition) is 3. The average Bonchev–Trinajstić information content (AvgIpc) is 3.78. The Morgan fingerprint density at radius 3 is 2.19 bits per heavy atom. The Bertz CT molecular complexity index is 3050. The molecule has 0 bridgehead atoms. The predicted molar refractivity (Wildman–Crippen MR) is 231 cm³/mol. The number of nitrogens with zero attached hydrogens (tertiary/aromatic N) is 4. The fourth-order valence-corrected chi connectivity index (χ4v) is 10.3. The molecule has 0 fully saturated rings. The van der Waals surface area contributed by atoms with Gasteiger partial charge < -0.3 is 13.9 Å². The van der Waals surface area contributed by atoms with Crippen molar-refractivity contribution in [1.82, 2.24) is 14.1 Å². The molecule has 6 heteroatoms. The molecular weight excluding hydrogens is 880 g/mol. The summed E-state index contributed by atoms with van der Waals surface area (Å²) in [6.07, 6.45) is 1.89. The van der Waals surface area contributed by atoms with Crippen LogP contribution in [-0.4, -0.2) is 25.6 Å². The first-order valence-electron chi connectivity index (χ1n) is 19.9. The number of pyridine rings is 1. The van der Waals surface area contributed by atoms with E-state index >= 15 is 0 Å². The zero-order valence-corrected chi connectivity index (χ0v) is 36.9. The van der Waals surface area contributed by atoms with Gasteiger partial charge in [0.15, 0.2) is 0 Å². The van der Waals surface area contributed by atoms with Gasteiger partial charge in [0.1, 0.15) is 22.7 Å². The largest absolute Gasteiger partial charge is 2.00 e. The Morgan fingerprint density at radius 2 is 1.42 bits per heavy atom. The van der Waals surface area contributed by atoms with Crippen LogP contribution in [0, 0.1) is 46.8 Å². The molecule has 5 aromatic carbocycles. The molecule has 0 N–H and O–H groups in total. The number of hydrogen-bond donors (Lipinski definition) is 0. The van der Waals surface area contributed by atoms with Crippen LogP contribution in [0.15, 0.2) is 90.1 Å². The molecule has 288 valence electrons. The molecule has 8 aromatic rings. The van der Waals surface area contributed by atoms with E-state index in [2.05, 4.69) is 170 Å². The maximum Gasteiger partial charge on any atom is 2.00 e. The van der Waals surface area contributed by atoms with Crippen molar-refractivity contribution in [2.75, 3.05) is 0 Å². The van der Waals surface area contributed by atoms with Crippen molar-refractivity contribution in [1.29, 1.82) is 0 Å². The SMILES string of the molecule is Cc1cc(C)c2c(c1)[C@@]1(C)N=C(c3[c-]c(-n4c5[c-]c(-n6c7ccc(C(C)C)cc7c7cccnc76)ccc5c5cc(C)ccc54)c(C)cc3C)O[C@@]1(C)C2(C)C.[Pt+2]. The van der Waals surface area contributed by atoms with Crippen LogP contribution in [0.25, 0.3) is 55.1 Å². The predicted octanol–water partition coefficient (Wildman–Crippen LogP) is 12.3. The molecule has 2 aliphatic rings. The summed E-state index contributed by atoms with van der Waals surface area (Å²) in [4.78, 5) is 10.5. The molecule has 0 unspecified atom stereocenters. The molecule has 0 spiro atoms. The van der Waals surface area contributed by atoms with Gasteiger partial charge in [0.25, 0.3) is 0 Å². The number of ether oxygens (including phenoxy) is 1. The summed E-state index contributed by atoms with van der Waals surface area (Å²) in [6, 6.07) is 36.9. The molecule has 3 aromatic heterocycles. The second kappa shape index (κ2) is 12.5. The van der Waals surface area contributed by atoms with Crippen LogP contribution in [-0.2, 0) is 36.8 Å². The van der Waals surface area contributed by atoms with Gasteiger partial charge >= 0.3 is 21.1 Å². The van der Waals surface area contributed by atoms with Crippen molar-refractivity contribution < 1.29 is 25.8 Å². The first kappa shape index (κ1) is 37.6. The molecule has 5 nitrogen and oxygen atoms in total. The van der Waals surface area contributed by atoms with Crippen molar-refractivity contribution in [3.8, 4) is 11.4 Å². The quantitative estimate of drug-likeness (QED) is 0.165. The molecule has 1 aliphatic carbocycles. The molecule has 0 amide bonds. The first-order chi connectivity index (χ1) is 26.6.